The van der Waals surface area contributed by atoms with Crippen LogP contribution < -0.4 is 4.74 Å². The van der Waals surface area contributed by atoms with E-state index in [1.807, 2.05) is 48.5 Å². The first-order chi connectivity index (χ1) is 14.0. The summed E-state index contributed by atoms with van der Waals surface area (Å²) < 4.78 is 50.9. The molecule has 0 bridgehead atoms. The van der Waals surface area contributed by atoms with Crippen LogP contribution >= 0.6 is 0 Å². The van der Waals surface area contributed by atoms with Crippen LogP contribution in [0.4, 0.5) is 13.2 Å². The second kappa shape index (κ2) is 6.48. The molecule has 2 heterocycles. The second-order valence-electron chi connectivity index (χ2n) is 6.63. The zero-order valence-corrected chi connectivity index (χ0v) is 14.9. The number of fused-ring (bicyclic) bond motifs is 2. The second-order valence-corrected chi connectivity index (χ2v) is 6.63. The summed E-state index contributed by atoms with van der Waals surface area (Å²) in [6.07, 6.45) is -4.45. The highest BCUT2D eigenvalue weighted by atomic mass is 19.4. The Kier molecular flexibility index (Phi) is 3.91. The average Bonchev–Trinajstić information content (AvgIpc) is 3.21. The van der Waals surface area contributed by atoms with Crippen molar-refractivity contribution in [2.75, 3.05) is 0 Å². The number of hydrogen-bond donors (Lipinski definition) is 0. The van der Waals surface area contributed by atoms with E-state index in [1.165, 1.54) is 12.1 Å². The van der Waals surface area contributed by atoms with E-state index in [1.54, 1.807) is 0 Å². The van der Waals surface area contributed by atoms with E-state index in [0.29, 0.717) is 17.4 Å². The molecule has 3 aromatic carbocycles. The molecule has 0 amide bonds. The first-order valence-corrected chi connectivity index (χ1v) is 8.87. The lowest BCUT2D eigenvalue weighted by atomic mass is 9.88. The number of nitrogens with zero attached hydrogens (tertiary/aromatic N) is 2. The molecule has 0 spiro atoms. The maximum Gasteiger partial charge on any atom is 0.416 e. The van der Waals surface area contributed by atoms with E-state index in [4.69, 9.17) is 9.15 Å². The molecule has 0 unspecified atom stereocenters. The van der Waals surface area contributed by atoms with Crippen LogP contribution in [0.5, 0.6) is 11.5 Å². The van der Waals surface area contributed by atoms with Gasteiger partial charge in [0.1, 0.15) is 11.5 Å². The van der Waals surface area contributed by atoms with Gasteiger partial charge in [0, 0.05) is 16.7 Å². The molecule has 7 heteroatoms. The summed E-state index contributed by atoms with van der Waals surface area (Å²) in [5.41, 5.74) is 1.15. The molecule has 0 radical (unpaired) electrons. The number of halogens is 3. The minimum absolute atomic E-state index is 0.0348. The van der Waals surface area contributed by atoms with E-state index in [9.17, 15) is 13.2 Å². The number of alkyl halides is 3. The van der Waals surface area contributed by atoms with Gasteiger partial charge in [-0.1, -0.05) is 42.5 Å². The first kappa shape index (κ1) is 17.5. The van der Waals surface area contributed by atoms with Gasteiger partial charge in [0.25, 0.3) is 0 Å². The molecule has 0 atom stereocenters. The van der Waals surface area contributed by atoms with E-state index < -0.39 is 11.7 Å². The van der Waals surface area contributed by atoms with Gasteiger partial charge in [-0.2, -0.15) is 13.2 Å². The van der Waals surface area contributed by atoms with Crippen molar-refractivity contribution in [2.24, 2.45) is 0 Å². The Morgan fingerprint density at radius 3 is 2.07 bits per heavy atom. The normalized spacial score (nSPS) is 13.5. The van der Waals surface area contributed by atoms with Crippen LogP contribution in [0.3, 0.4) is 0 Å². The van der Waals surface area contributed by atoms with Crippen LogP contribution in [0.25, 0.3) is 11.5 Å². The van der Waals surface area contributed by atoms with Gasteiger partial charge >= 0.3 is 6.18 Å². The number of para-hydroxylation sites is 2. The number of ether oxygens (including phenoxy) is 1. The molecule has 144 valence electrons. The predicted molar refractivity (Wildman–Crippen MR) is 98.6 cm³/mol. The quantitative estimate of drug-likeness (QED) is 0.366. The largest absolute Gasteiger partial charge is 0.457 e. The molecule has 0 aliphatic carbocycles. The number of aromatic nitrogens is 2. The van der Waals surface area contributed by atoms with Crippen molar-refractivity contribution in [3.63, 3.8) is 0 Å². The van der Waals surface area contributed by atoms with Gasteiger partial charge in [0.05, 0.1) is 11.5 Å². The zero-order valence-electron chi connectivity index (χ0n) is 14.9. The molecule has 4 aromatic rings. The third-order valence-corrected chi connectivity index (χ3v) is 4.80. The highest BCUT2D eigenvalue weighted by Crippen LogP contribution is 2.46. The van der Waals surface area contributed by atoms with Gasteiger partial charge in [0.2, 0.25) is 11.8 Å². The lowest BCUT2D eigenvalue weighted by Gasteiger charge is -2.25. The summed E-state index contributed by atoms with van der Waals surface area (Å²) >= 11 is 0. The molecular weight excluding hydrogens is 381 g/mol. The van der Waals surface area contributed by atoms with Gasteiger partial charge in [-0.25, -0.2) is 0 Å². The summed E-state index contributed by atoms with van der Waals surface area (Å²) in [7, 11) is 0. The lowest BCUT2D eigenvalue weighted by Crippen LogP contribution is -2.11. The summed E-state index contributed by atoms with van der Waals surface area (Å²) in [6, 6.07) is 19.9. The third kappa shape index (κ3) is 3.04. The molecule has 1 aromatic heterocycles. The fourth-order valence-electron chi connectivity index (χ4n) is 3.47. The van der Waals surface area contributed by atoms with Gasteiger partial charge in [-0.15, -0.1) is 10.2 Å². The molecule has 29 heavy (non-hydrogen) atoms. The summed E-state index contributed by atoms with van der Waals surface area (Å²) in [5.74, 6) is 1.31. The summed E-state index contributed by atoms with van der Waals surface area (Å²) in [4.78, 5) is 0. The number of hydrogen-bond acceptors (Lipinski definition) is 4. The Morgan fingerprint density at radius 2 is 1.41 bits per heavy atom. The minimum atomic E-state index is -4.45. The molecular formula is C22H13F3N2O2. The van der Waals surface area contributed by atoms with E-state index in [2.05, 4.69) is 10.2 Å². The molecule has 0 saturated heterocycles. The molecule has 5 rings (SSSR count). The maximum absolute atomic E-state index is 13.0. The van der Waals surface area contributed by atoms with Crippen molar-refractivity contribution in [2.45, 2.75) is 12.1 Å². The first-order valence-electron chi connectivity index (χ1n) is 8.87. The van der Waals surface area contributed by atoms with Gasteiger partial charge in [-0.3, -0.25) is 0 Å². The van der Waals surface area contributed by atoms with Crippen molar-refractivity contribution in [1.82, 2.24) is 10.2 Å². The van der Waals surface area contributed by atoms with Crippen LogP contribution in [0.1, 0.15) is 28.5 Å². The zero-order chi connectivity index (χ0) is 20.0. The Hall–Kier alpha value is -3.61. The number of benzene rings is 3. The molecule has 0 N–H and O–H groups in total. The Labute approximate surface area is 163 Å². The Morgan fingerprint density at radius 1 is 0.759 bits per heavy atom. The standard InChI is InChI=1S/C22H13F3N2O2/c23-22(24,25)14-7-5-6-13(12-14)20-26-27-21(29-20)19-15-8-1-3-10-17(15)28-18-11-4-2-9-16(18)19/h1-12,19H. The van der Waals surface area contributed by atoms with Crippen molar-refractivity contribution in [3.05, 3.63) is 95.4 Å². The highest BCUT2D eigenvalue weighted by Gasteiger charge is 2.33. The van der Waals surface area contributed by atoms with E-state index in [-0.39, 0.29) is 17.4 Å². The maximum atomic E-state index is 13.0. The van der Waals surface area contributed by atoms with E-state index >= 15 is 0 Å². The van der Waals surface area contributed by atoms with Crippen molar-refractivity contribution >= 4 is 0 Å². The molecule has 0 saturated carbocycles. The van der Waals surface area contributed by atoms with Crippen LogP contribution in [0.2, 0.25) is 0 Å². The van der Waals surface area contributed by atoms with Crippen molar-refractivity contribution in [1.29, 1.82) is 0 Å². The lowest BCUT2D eigenvalue weighted by molar-refractivity contribution is -0.137. The van der Waals surface area contributed by atoms with Crippen LogP contribution in [-0.4, -0.2) is 10.2 Å². The summed E-state index contributed by atoms with van der Waals surface area (Å²) in [6.45, 7) is 0. The molecule has 1 aliphatic heterocycles. The topological polar surface area (TPSA) is 48.2 Å². The predicted octanol–water partition coefficient (Wildman–Crippen LogP) is 6.04. The van der Waals surface area contributed by atoms with Crippen molar-refractivity contribution < 1.29 is 22.3 Å². The molecule has 0 fully saturated rings. The molecule has 4 nitrogen and oxygen atoms in total. The summed E-state index contributed by atoms with van der Waals surface area (Å²) in [5, 5.41) is 8.16. The fraction of sp³-hybridized carbons (Fsp3) is 0.0909. The third-order valence-electron chi connectivity index (χ3n) is 4.80. The fourth-order valence-corrected chi connectivity index (χ4v) is 3.47. The Balaban J connectivity index is 1.60. The SMILES string of the molecule is FC(F)(F)c1cccc(-c2nnc(C3c4ccccc4Oc4ccccc43)o2)c1. The smallest absolute Gasteiger partial charge is 0.416 e. The van der Waals surface area contributed by atoms with E-state index in [0.717, 1.165) is 23.3 Å². The van der Waals surface area contributed by atoms with Crippen molar-refractivity contribution in [3.8, 4) is 23.0 Å². The average molecular weight is 394 g/mol. The highest BCUT2D eigenvalue weighted by molar-refractivity contribution is 5.57. The van der Waals surface area contributed by atoms with Crippen LogP contribution in [0.15, 0.2) is 77.2 Å². The minimum Gasteiger partial charge on any atom is -0.457 e. The molecule has 1 aliphatic rings. The van der Waals surface area contributed by atoms with Crippen LogP contribution in [0, 0.1) is 0 Å². The van der Waals surface area contributed by atoms with Gasteiger partial charge in [0.15, 0.2) is 0 Å². The van der Waals surface area contributed by atoms with Gasteiger partial charge < -0.3 is 9.15 Å². The Bertz CT molecular complexity index is 1150. The number of rotatable bonds is 2. The monoisotopic (exact) mass is 394 g/mol. The van der Waals surface area contributed by atoms with Crippen LogP contribution in [-0.2, 0) is 6.18 Å². The van der Waals surface area contributed by atoms with Gasteiger partial charge in [-0.05, 0) is 30.3 Å².